The van der Waals surface area contributed by atoms with Crippen molar-refractivity contribution in [3.05, 3.63) is 81.8 Å². The van der Waals surface area contributed by atoms with Crippen molar-refractivity contribution < 1.29 is 38.6 Å². The van der Waals surface area contributed by atoms with Gasteiger partial charge in [0.2, 0.25) is 23.6 Å². The van der Waals surface area contributed by atoms with E-state index in [4.69, 9.17) is 16.3 Å². The molecule has 1 aromatic heterocycles. The molecule has 6 amide bonds. The lowest BCUT2D eigenvalue weighted by Crippen LogP contribution is -2.54. The second-order valence-corrected chi connectivity index (χ2v) is 15.5. The molecular formula is C41H48ClN9O8. The zero-order valence-electron chi connectivity index (χ0n) is 32.7. The van der Waals surface area contributed by atoms with Gasteiger partial charge >= 0.3 is 0 Å². The number of aliphatic hydroxyl groups excluding tert-OH is 1. The summed E-state index contributed by atoms with van der Waals surface area (Å²) in [5.74, 6) is -1.97. The van der Waals surface area contributed by atoms with Crippen molar-refractivity contribution >= 4 is 58.5 Å². The van der Waals surface area contributed by atoms with Gasteiger partial charge in [-0.15, -0.1) is 0 Å². The van der Waals surface area contributed by atoms with Gasteiger partial charge in [0.1, 0.15) is 18.2 Å². The molecule has 2 saturated heterocycles. The molecule has 3 aliphatic heterocycles. The summed E-state index contributed by atoms with van der Waals surface area (Å²) in [6.07, 6.45) is 1.85. The van der Waals surface area contributed by atoms with Crippen molar-refractivity contribution in [1.82, 2.24) is 35.7 Å². The number of nitrogens with zero attached hydrogens (tertiary/aromatic N) is 5. The van der Waals surface area contributed by atoms with E-state index < -0.39 is 41.7 Å². The number of hydrogen-bond acceptors (Lipinski definition) is 13. The normalized spacial score (nSPS) is 20.7. The Balaban J connectivity index is 0.817. The molecule has 4 heterocycles. The van der Waals surface area contributed by atoms with Crippen LogP contribution in [-0.4, -0.2) is 132 Å². The number of halogens is 1. The number of aliphatic hydroxyl groups is 1. The van der Waals surface area contributed by atoms with Crippen LogP contribution in [0.3, 0.4) is 0 Å². The number of aromatic nitrogens is 2. The number of imide groups is 2. The number of carbonyl (C=O) groups is 6. The van der Waals surface area contributed by atoms with Gasteiger partial charge in [0.05, 0.1) is 42.1 Å². The predicted molar refractivity (Wildman–Crippen MR) is 216 cm³/mol. The summed E-state index contributed by atoms with van der Waals surface area (Å²) in [6, 6.07) is 11.0. The summed E-state index contributed by atoms with van der Waals surface area (Å²) in [5.41, 5.74) is 3.29. The van der Waals surface area contributed by atoms with Crippen molar-refractivity contribution in [1.29, 1.82) is 0 Å². The van der Waals surface area contributed by atoms with E-state index in [1.54, 1.807) is 24.3 Å². The van der Waals surface area contributed by atoms with Crippen LogP contribution in [0.2, 0.25) is 5.02 Å². The summed E-state index contributed by atoms with van der Waals surface area (Å²) in [5, 5.41) is 22.5. The third-order valence-electron chi connectivity index (χ3n) is 11.2. The van der Waals surface area contributed by atoms with Gasteiger partial charge in [-0.1, -0.05) is 36.7 Å². The quantitative estimate of drug-likeness (QED) is 0.103. The molecule has 0 radical (unpaired) electrons. The number of fused-ring (bicyclic) bond motifs is 2. The number of piperazine rings is 1. The molecule has 59 heavy (non-hydrogen) atoms. The lowest BCUT2D eigenvalue weighted by molar-refractivity contribution is -0.136. The second kappa shape index (κ2) is 18.6. The minimum Gasteiger partial charge on any atom is -0.387 e. The molecule has 5 N–H and O–H groups in total. The van der Waals surface area contributed by atoms with Crippen molar-refractivity contribution in [2.45, 2.75) is 56.6 Å². The Bertz CT molecular complexity index is 2090. The third kappa shape index (κ3) is 9.22. The molecule has 2 aromatic carbocycles. The maximum Gasteiger partial charge on any atom is 0.264 e. The highest BCUT2D eigenvalue weighted by Crippen LogP contribution is 2.43. The SMILES string of the molecule is C[C@@H]1C[C@@H](O)c2ncnc(N3CCN(C(=O)C(CNCCC(=O)NCCOCCNc4cccc5c4C(=O)N(C4CCC(=O)NC4=O)C5=O)c4ccc(Cl)cc4)CC3)c21. The molecule has 4 aliphatic rings. The molecule has 18 heteroatoms. The average Bonchev–Trinajstić information content (AvgIpc) is 3.67. The molecule has 2 fully saturated rings. The number of piperidine rings is 1. The van der Waals surface area contributed by atoms with E-state index >= 15 is 0 Å². The number of anilines is 2. The number of hydrogen-bond donors (Lipinski definition) is 5. The largest absolute Gasteiger partial charge is 0.387 e. The summed E-state index contributed by atoms with van der Waals surface area (Å²) < 4.78 is 5.66. The Morgan fingerprint density at radius 1 is 0.983 bits per heavy atom. The Morgan fingerprint density at radius 2 is 1.75 bits per heavy atom. The van der Waals surface area contributed by atoms with Gasteiger partial charge in [0.25, 0.3) is 11.8 Å². The summed E-state index contributed by atoms with van der Waals surface area (Å²) >= 11 is 6.16. The van der Waals surface area contributed by atoms with Crippen LogP contribution in [0.15, 0.2) is 48.8 Å². The highest BCUT2D eigenvalue weighted by molar-refractivity contribution is 6.30. The van der Waals surface area contributed by atoms with Gasteiger partial charge < -0.3 is 35.6 Å². The van der Waals surface area contributed by atoms with Crippen LogP contribution >= 0.6 is 11.6 Å². The molecule has 0 spiro atoms. The highest BCUT2D eigenvalue weighted by atomic mass is 35.5. The molecule has 0 bridgehead atoms. The van der Waals surface area contributed by atoms with Crippen LogP contribution in [0.25, 0.3) is 0 Å². The zero-order valence-corrected chi connectivity index (χ0v) is 33.5. The first-order valence-electron chi connectivity index (χ1n) is 20.0. The number of ether oxygens (including phenoxy) is 1. The van der Waals surface area contributed by atoms with Crippen molar-refractivity contribution in [3.8, 4) is 0 Å². The minimum atomic E-state index is -1.05. The minimum absolute atomic E-state index is 0.0156. The summed E-state index contributed by atoms with van der Waals surface area (Å²) in [6.45, 7) is 6.08. The van der Waals surface area contributed by atoms with Crippen LogP contribution in [-0.2, 0) is 23.9 Å². The smallest absolute Gasteiger partial charge is 0.264 e. The third-order valence-corrected chi connectivity index (χ3v) is 11.5. The van der Waals surface area contributed by atoms with Gasteiger partial charge in [-0.25, -0.2) is 9.97 Å². The number of carbonyl (C=O) groups excluding carboxylic acids is 6. The second-order valence-electron chi connectivity index (χ2n) is 15.1. The van der Waals surface area contributed by atoms with Crippen LogP contribution < -0.4 is 26.2 Å². The predicted octanol–water partition coefficient (Wildman–Crippen LogP) is 1.73. The lowest BCUT2D eigenvalue weighted by atomic mass is 9.97. The Kier molecular flexibility index (Phi) is 13.1. The van der Waals surface area contributed by atoms with Gasteiger partial charge in [-0.2, -0.15) is 0 Å². The molecule has 2 unspecified atom stereocenters. The first kappa shape index (κ1) is 41.7. The maximum atomic E-state index is 14.0. The molecule has 312 valence electrons. The fraction of sp³-hybridized carbons (Fsp3) is 0.463. The van der Waals surface area contributed by atoms with Crippen molar-refractivity contribution in [2.24, 2.45) is 0 Å². The Morgan fingerprint density at radius 3 is 2.51 bits per heavy atom. The number of benzene rings is 2. The van der Waals surface area contributed by atoms with E-state index in [0.29, 0.717) is 68.6 Å². The highest BCUT2D eigenvalue weighted by Gasteiger charge is 2.45. The Hall–Kier alpha value is -5.49. The van der Waals surface area contributed by atoms with Crippen LogP contribution in [0.4, 0.5) is 11.5 Å². The average molecular weight is 830 g/mol. The molecule has 1 aliphatic carbocycles. The monoisotopic (exact) mass is 829 g/mol. The summed E-state index contributed by atoms with van der Waals surface area (Å²) in [7, 11) is 0. The molecule has 17 nitrogen and oxygen atoms in total. The van der Waals surface area contributed by atoms with Crippen molar-refractivity contribution in [2.75, 3.05) is 75.8 Å². The van der Waals surface area contributed by atoms with Gasteiger partial charge in [0, 0.05) is 81.5 Å². The van der Waals surface area contributed by atoms with E-state index in [2.05, 4.69) is 43.1 Å². The number of rotatable bonds is 16. The number of amides is 6. The van der Waals surface area contributed by atoms with Crippen LogP contribution in [0.5, 0.6) is 0 Å². The van der Waals surface area contributed by atoms with Crippen LogP contribution in [0.1, 0.15) is 88.1 Å². The van der Waals surface area contributed by atoms with E-state index in [0.717, 1.165) is 21.8 Å². The summed E-state index contributed by atoms with van der Waals surface area (Å²) in [4.78, 5) is 90.7. The van der Waals surface area contributed by atoms with Gasteiger partial charge in [0.15, 0.2) is 0 Å². The number of nitrogens with one attached hydrogen (secondary N) is 4. The van der Waals surface area contributed by atoms with Crippen LogP contribution in [0, 0.1) is 0 Å². The molecule has 4 atom stereocenters. The maximum absolute atomic E-state index is 14.0. The van der Waals surface area contributed by atoms with E-state index in [1.807, 2.05) is 17.0 Å². The van der Waals surface area contributed by atoms with Gasteiger partial charge in [-0.3, -0.25) is 39.0 Å². The molecule has 3 aromatic rings. The zero-order chi connectivity index (χ0) is 41.6. The van der Waals surface area contributed by atoms with E-state index in [9.17, 15) is 33.9 Å². The van der Waals surface area contributed by atoms with E-state index in [-0.39, 0.29) is 67.9 Å². The molecule has 7 rings (SSSR count). The fourth-order valence-electron chi connectivity index (χ4n) is 8.18. The Labute approximate surface area is 346 Å². The first-order valence-corrected chi connectivity index (χ1v) is 20.3. The fourth-order valence-corrected chi connectivity index (χ4v) is 8.30. The standard InChI is InChI=1S/C41H48ClN9O8/c1-24-21-31(52)36-34(24)37(47-23-46-36)49-15-17-50(18-16-49)39(56)28(25-5-7-26(42)8-6-25)22-43-12-11-32(53)45-14-20-59-19-13-44-29-4-2-3-27-35(29)41(58)51(40(27)57)30-9-10-33(54)48-38(30)55/h2-8,23-24,28,30-31,43-44,52H,9-22H2,1H3,(H,45,53)(H,48,54,55)/t24-,28?,30?,31-/m1/s1. The van der Waals surface area contributed by atoms with Gasteiger partial charge in [-0.05, 0) is 48.6 Å². The topological polar surface area (TPSA) is 215 Å². The lowest BCUT2D eigenvalue weighted by Gasteiger charge is -2.38. The molecule has 0 saturated carbocycles. The molecular weight excluding hydrogens is 782 g/mol. The van der Waals surface area contributed by atoms with Crippen molar-refractivity contribution in [3.63, 3.8) is 0 Å². The van der Waals surface area contributed by atoms with E-state index in [1.165, 1.54) is 12.4 Å². The first-order chi connectivity index (χ1) is 28.5.